The highest BCUT2D eigenvalue weighted by atomic mass is 16.3. The average molecular weight is 313 g/mol. The Morgan fingerprint density at radius 1 is 1.30 bits per heavy atom. The molecule has 0 unspecified atom stereocenters. The van der Waals surface area contributed by atoms with E-state index < -0.39 is 11.5 Å². The third-order valence-electron chi connectivity index (χ3n) is 3.47. The fourth-order valence-electron chi connectivity index (χ4n) is 2.24. The normalized spacial score (nSPS) is 10.8. The molecule has 118 valence electrons. The number of fused-ring (bicyclic) bond motifs is 1. The predicted molar refractivity (Wildman–Crippen MR) is 82.2 cm³/mol. The Labute approximate surface area is 131 Å². The van der Waals surface area contributed by atoms with Gasteiger partial charge in [0.15, 0.2) is 0 Å². The Morgan fingerprint density at radius 3 is 2.74 bits per heavy atom. The lowest BCUT2D eigenvalue weighted by Gasteiger charge is -2.09. The van der Waals surface area contributed by atoms with Gasteiger partial charge in [-0.1, -0.05) is 12.1 Å². The molecule has 2 heterocycles. The number of nitrogens with zero attached hydrogens (tertiary/aromatic N) is 4. The maximum Gasteiger partial charge on any atom is 0.288 e. The van der Waals surface area contributed by atoms with Crippen LogP contribution in [0.5, 0.6) is 5.75 Å². The van der Waals surface area contributed by atoms with Crippen LogP contribution < -0.4 is 10.9 Å². The summed E-state index contributed by atoms with van der Waals surface area (Å²) in [6.07, 6.45) is 2.76. The number of aromatic hydroxyl groups is 1. The summed E-state index contributed by atoms with van der Waals surface area (Å²) < 4.78 is 2.79. The zero-order chi connectivity index (χ0) is 16.4. The van der Waals surface area contributed by atoms with Crippen LogP contribution in [0.4, 0.5) is 0 Å². The summed E-state index contributed by atoms with van der Waals surface area (Å²) in [7, 11) is 0. The highest BCUT2D eigenvalue weighted by Crippen LogP contribution is 2.09. The summed E-state index contributed by atoms with van der Waals surface area (Å²) in [5.74, 6) is 0.0674. The van der Waals surface area contributed by atoms with Crippen LogP contribution in [0, 0.1) is 0 Å². The first kappa shape index (κ1) is 14.8. The SMILES string of the molecule is CCn1cc(C(=O)NCc2ccc(O)cc2)c(=O)n2ncnc12. The van der Waals surface area contributed by atoms with Gasteiger partial charge in [0, 0.05) is 19.3 Å². The zero-order valence-electron chi connectivity index (χ0n) is 12.4. The summed E-state index contributed by atoms with van der Waals surface area (Å²) in [6.45, 7) is 2.69. The number of nitrogens with one attached hydrogen (secondary N) is 1. The average Bonchev–Trinajstić information content (AvgIpc) is 3.05. The zero-order valence-corrected chi connectivity index (χ0v) is 12.4. The van der Waals surface area contributed by atoms with E-state index in [-0.39, 0.29) is 17.9 Å². The van der Waals surface area contributed by atoms with Crippen molar-refractivity contribution in [1.82, 2.24) is 24.5 Å². The second-order valence-electron chi connectivity index (χ2n) is 4.95. The summed E-state index contributed by atoms with van der Waals surface area (Å²) >= 11 is 0. The minimum absolute atomic E-state index is 0.00336. The van der Waals surface area contributed by atoms with E-state index in [0.29, 0.717) is 12.3 Å². The number of phenols is 1. The van der Waals surface area contributed by atoms with Gasteiger partial charge < -0.3 is 15.0 Å². The third-order valence-corrected chi connectivity index (χ3v) is 3.47. The minimum Gasteiger partial charge on any atom is -0.508 e. The second-order valence-corrected chi connectivity index (χ2v) is 4.95. The highest BCUT2D eigenvalue weighted by Gasteiger charge is 2.16. The Kier molecular flexibility index (Phi) is 3.80. The fourth-order valence-corrected chi connectivity index (χ4v) is 2.24. The number of phenolic OH excluding ortho intramolecular Hbond substituents is 1. The van der Waals surface area contributed by atoms with Crippen molar-refractivity contribution in [2.24, 2.45) is 0 Å². The molecular weight excluding hydrogens is 298 g/mol. The van der Waals surface area contributed by atoms with Crippen LogP contribution in [0.2, 0.25) is 0 Å². The molecule has 0 aliphatic heterocycles. The molecule has 0 radical (unpaired) electrons. The molecule has 1 aromatic carbocycles. The van der Waals surface area contributed by atoms with Crippen molar-refractivity contribution in [2.75, 3.05) is 0 Å². The number of carbonyl (C=O) groups is 1. The van der Waals surface area contributed by atoms with Gasteiger partial charge in [0.05, 0.1) is 0 Å². The molecule has 0 aliphatic carbocycles. The molecule has 8 heteroatoms. The van der Waals surface area contributed by atoms with Crippen LogP contribution >= 0.6 is 0 Å². The van der Waals surface area contributed by atoms with E-state index in [0.717, 1.165) is 10.1 Å². The van der Waals surface area contributed by atoms with Gasteiger partial charge in [0.1, 0.15) is 17.6 Å². The molecule has 2 aromatic heterocycles. The number of rotatable bonds is 4. The topological polar surface area (TPSA) is 102 Å². The molecule has 0 atom stereocenters. The van der Waals surface area contributed by atoms with Crippen LogP contribution in [0.1, 0.15) is 22.8 Å². The van der Waals surface area contributed by atoms with Crippen LogP contribution in [0.3, 0.4) is 0 Å². The second kappa shape index (κ2) is 5.91. The monoisotopic (exact) mass is 313 g/mol. The molecule has 0 bridgehead atoms. The Morgan fingerprint density at radius 2 is 2.04 bits per heavy atom. The molecular formula is C15H15N5O3. The summed E-state index contributed by atoms with van der Waals surface area (Å²) in [6, 6.07) is 6.46. The van der Waals surface area contributed by atoms with Crippen molar-refractivity contribution >= 4 is 11.7 Å². The van der Waals surface area contributed by atoms with E-state index in [1.54, 1.807) is 16.7 Å². The summed E-state index contributed by atoms with van der Waals surface area (Å²) in [5, 5.41) is 15.8. The van der Waals surface area contributed by atoms with Crippen molar-refractivity contribution in [3.63, 3.8) is 0 Å². The van der Waals surface area contributed by atoms with E-state index in [1.165, 1.54) is 24.7 Å². The van der Waals surface area contributed by atoms with Gasteiger partial charge in [-0.2, -0.15) is 14.6 Å². The Balaban J connectivity index is 1.87. The number of aromatic nitrogens is 4. The largest absolute Gasteiger partial charge is 0.508 e. The lowest BCUT2D eigenvalue weighted by Crippen LogP contribution is -2.32. The quantitative estimate of drug-likeness (QED) is 0.732. The smallest absolute Gasteiger partial charge is 0.288 e. The van der Waals surface area contributed by atoms with Gasteiger partial charge in [-0.25, -0.2) is 0 Å². The van der Waals surface area contributed by atoms with Crippen LogP contribution in [-0.2, 0) is 13.1 Å². The predicted octanol–water partition coefficient (Wildman–Crippen LogP) is 0.546. The van der Waals surface area contributed by atoms with Gasteiger partial charge in [-0.3, -0.25) is 9.59 Å². The summed E-state index contributed by atoms with van der Waals surface area (Å²) in [5.41, 5.74) is 0.308. The van der Waals surface area contributed by atoms with Crippen molar-refractivity contribution in [1.29, 1.82) is 0 Å². The first-order chi connectivity index (χ1) is 11.1. The number of hydrogen-bond acceptors (Lipinski definition) is 5. The van der Waals surface area contributed by atoms with E-state index in [9.17, 15) is 14.7 Å². The highest BCUT2D eigenvalue weighted by molar-refractivity contribution is 5.93. The molecule has 2 N–H and O–H groups in total. The number of hydrogen-bond donors (Lipinski definition) is 2. The minimum atomic E-state index is -0.509. The van der Waals surface area contributed by atoms with E-state index >= 15 is 0 Å². The third kappa shape index (κ3) is 2.78. The molecule has 0 aliphatic rings. The Hall–Kier alpha value is -3.16. The van der Waals surface area contributed by atoms with E-state index in [4.69, 9.17) is 0 Å². The maximum atomic E-state index is 12.3. The fraction of sp³-hybridized carbons (Fsp3) is 0.200. The number of carbonyl (C=O) groups excluding carboxylic acids is 1. The van der Waals surface area contributed by atoms with Gasteiger partial charge in [0.2, 0.25) is 5.78 Å². The number of amides is 1. The lowest BCUT2D eigenvalue weighted by molar-refractivity contribution is 0.0948. The lowest BCUT2D eigenvalue weighted by atomic mass is 10.2. The molecule has 8 nitrogen and oxygen atoms in total. The van der Waals surface area contributed by atoms with Gasteiger partial charge in [-0.05, 0) is 24.6 Å². The molecule has 3 aromatic rings. The molecule has 1 amide bonds. The molecule has 0 fully saturated rings. The van der Waals surface area contributed by atoms with Gasteiger partial charge in [-0.15, -0.1) is 0 Å². The van der Waals surface area contributed by atoms with Crippen molar-refractivity contribution in [2.45, 2.75) is 20.0 Å². The molecule has 0 spiro atoms. The molecule has 3 rings (SSSR count). The molecule has 0 saturated carbocycles. The Bertz CT molecular complexity index is 911. The molecule has 0 saturated heterocycles. The maximum absolute atomic E-state index is 12.3. The van der Waals surface area contributed by atoms with E-state index in [2.05, 4.69) is 15.4 Å². The van der Waals surface area contributed by atoms with Crippen LogP contribution in [0.25, 0.3) is 5.78 Å². The van der Waals surface area contributed by atoms with Crippen molar-refractivity contribution < 1.29 is 9.90 Å². The number of benzene rings is 1. The first-order valence-corrected chi connectivity index (χ1v) is 7.09. The summed E-state index contributed by atoms with van der Waals surface area (Å²) in [4.78, 5) is 28.6. The standard InChI is InChI=1S/C15H15N5O3/c1-2-19-8-12(14(23)20-15(19)17-9-18-20)13(22)16-7-10-3-5-11(21)6-4-10/h3-6,8-9,21H,2,7H2,1H3,(H,16,22). The van der Waals surface area contributed by atoms with Gasteiger partial charge >= 0.3 is 0 Å². The number of aryl methyl sites for hydroxylation is 1. The van der Waals surface area contributed by atoms with E-state index in [1.807, 2.05) is 6.92 Å². The molecule has 23 heavy (non-hydrogen) atoms. The van der Waals surface area contributed by atoms with Crippen LogP contribution in [0.15, 0.2) is 41.6 Å². The van der Waals surface area contributed by atoms with Gasteiger partial charge in [0.25, 0.3) is 11.5 Å². The first-order valence-electron chi connectivity index (χ1n) is 7.09. The van der Waals surface area contributed by atoms with Crippen LogP contribution in [-0.4, -0.2) is 30.2 Å². The van der Waals surface area contributed by atoms with Crippen molar-refractivity contribution in [3.8, 4) is 5.75 Å². The van der Waals surface area contributed by atoms with Crippen molar-refractivity contribution in [3.05, 3.63) is 58.3 Å².